The van der Waals surface area contributed by atoms with E-state index in [9.17, 15) is 9.18 Å². The standard InChI is InChI=1S/C10H12FNOS/c1-3-12(2)10(13)7-4-5-8(11)9(14)6-7/h4-6,14H,3H2,1-2H3. The molecular formula is C10H12FNOS. The highest BCUT2D eigenvalue weighted by atomic mass is 32.1. The lowest BCUT2D eigenvalue weighted by atomic mass is 10.2. The Bertz CT molecular complexity index is 354. The molecule has 1 rings (SSSR count). The van der Waals surface area contributed by atoms with Gasteiger partial charge in [-0.2, -0.15) is 0 Å². The molecule has 0 bridgehead atoms. The van der Waals surface area contributed by atoms with Gasteiger partial charge in [-0.05, 0) is 25.1 Å². The molecule has 0 fully saturated rings. The molecule has 0 atom stereocenters. The maximum absolute atomic E-state index is 12.8. The summed E-state index contributed by atoms with van der Waals surface area (Å²) < 4.78 is 12.8. The second-order valence-corrected chi connectivity index (χ2v) is 3.47. The molecule has 0 unspecified atom stereocenters. The molecule has 0 spiro atoms. The molecule has 0 heterocycles. The fourth-order valence-corrected chi connectivity index (χ4v) is 1.22. The number of benzene rings is 1. The summed E-state index contributed by atoms with van der Waals surface area (Å²) in [5.74, 6) is -0.535. The molecule has 0 saturated carbocycles. The molecule has 0 aromatic heterocycles. The third-order valence-electron chi connectivity index (χ3n) is 2.01. The van der Waals surface area contributed by atoms with Crippen molar-refractivity contribution in [3.05, 3.63) is 29.6 Å². The van der Waals surface area contributed by atoms with Gasteiger partial charge in [0.1, 0.15) is 5.82 Å². The van der Waals surface area contributed by atoms with Crippen molar-refractivity contribution in [1.82, 2.24) is 4.90 Å². The smallest absolute Gasteiger partial charge is 0.253 e. The molecule has 0 aliphatic rings. The van der Waals surface area contributed by atoms with Crippen LogP contribution >= 0.6 is 12.6 Å². The van der Waals surface area contributed by atoms with E-state index in [1.807, 2.05) is 6.92 Å². The Balaban J connectivity index is 2.97. The Hall–Kier alpha value is -1.03. The number of hydrogen-bond donors (Lipinski definition) is 1. The molecule has 76 valence electrons. The van der Waals surface area contributed by atoms with E-state index in [-0.39, 0.29) is 10.8 Å². The van der Waals surface area contributed by atoms with Crippen LogP contribution in [-0.4, -0.2) is 24.4 Å². The van der Waals surface area contributed by atoms with E-state index in [4.69, 9.17) is 0 Å². The van der Waals surface area contributed by atoms with Crippen LogP contribution in [0.25, 0.3) is 0 Å². The van der Waals surface area contributed by atoms with Crippen molar-refractivity contribution in [3.63, 3.8) is 0 Å². The third-order valence-corrected chi connectivity index (χ3v) is 2.36. The van der Waals surface area contributed by atoms with Crippen molar-refractivity contribution in [2.45, 2.75) is 11.8 Å². The Morgan fingerprint density at radius 3 is 2.71 bits per heavy atom. The van der Waals surface area contributed by atoms with Crippen LogP contribution in [0.1, 0.15) is 17.3 Å². The number of hydrogen-bond acceptors (Lipinski definition) is 2. The zero-order valence-electron chi connectivity index (χ0n) is 8.12. The van der Waals surface area contributed by atoms with Gasteiger partial charge < -0.3 is 4.90 Å². The maximum Gasteiger partial charge on any atom is 0.253 e. The number of amides is 1. The molecule has 0 aliphatic carbocycles. The summed E-state index contributed by atoms with van der Waals surface area (Å²) in [6, 6.07) is 4.15. The third kappa shape index (κ3) is 2.26. The number of rotatable bonds is 2. The first-order valence-electron chi connectivity index (χ1n) is 4.30. The van der Waals surface area contributed by atoms with E-state index >= 15 is 0 Å². The SMILES string of the molecule is CCN(C)C(=O)c1ccc(F)c(S)c1. The lowest BCUT2D eigenvalue weighted by Crippen LogP contribution is -2.26. The van der Waals surface area contributed by atoms with Crippen LogP contribution in [0.4, 0.5) is 4.39 Å². The Morgan fingerprint density at radius 1 is 1.57 bits per heavy atom. The summed E-state index contributed by atoms with van der Waals surface area (Å²) in [5, 5.41) is 0. The number of nitrogens with zero attached hydrogens (tertiary/aromatic N) is 1. The number of carbonyl (C=O) groups excluding carboxylic acids is 1. The molecule has 14 heavy (non-hydrogen) atoms. The van der Waals surface area contributed by atoms with Crippen LogP contribution in [0.3, 0.4) is 0 Å². The number of carbonyl (C=O) groups is 1. The van der Waals surface area contributed by atoms with Gasteiger partial charge in [0.15, 0.2) is 0 Å². The summed E-state index contributed by atoms with van der Waals surface area (Å²) in [5.41, 5.74) is 0.459. The summed E-state index contributed by atoms with van der Waals surface area (Å²) >= 11 is 3.91. The van der Waals surface area contributed by atoms with Gasteiger partial charge in [-0.3, -0.25) is 4.79 Å². The minimum absolute atomic E-state index is 0.122. The van der Waals surface area contributed by atoms with E-state index in [0.29, 0.717) is 12.1 Å². The fraction of sp³-hybridized carbons (Fsp3) is 0.300. The van der Waals surface area contributed by atoms with Gasteiger partial charge in [-0.1, -0.05) is 0 Å². The van der Waals surface area contributed by atoms with E-state index < -0.39 is 5.82 Å². The zero-order valence-corrected chi connectivity index (χ0v) is 9.01. The quantitative estimate of drug-likeness (QED) is 0.747. The summed E-state index contributed by atoms with van der Waals surface area (Å²) in [4.78, 5) is 13.4. The van der Waals surface area contributed by atoms with Crippen LogP contribution in [0.15, 0.2) is 23.1 Å². The molecule has 0 radical (unpaired) electrons. The lowest BCUT2D eigenvalue weighted by molar-refractivity contribution is 0.0802. The highest BCUT2D eigenvalue weighted by Gasteiger charge is 2.11. The molecular weight excluding hydrogens is 201 g/mol. The van der Waals surface area contributed by atoms with Gasteiger partial charge in [0.05, 0.1) is 0 Å². The topological polar surface area (TPSA) is 20.3 Å². The first-order valence-corrected chi connectivity index (χ1v) is 4.75. The molecule has 0 saturated heterocycles. The first kappa shape index (κ1) is 11.0. The van der Waals surface area contributed by atoms with Gasteiger partial charge >= 0.3 is 0 Å². The number of halogens is 1. The molecule has 1 aromatic rings. The number of thiol groups is 1. The van der Waals surface area contributed by atoms with Crippen LogP contribution in [0.2, 0.25) is 0 Å². The molecule has 1 aromatic carbocycles. The van der Waals surface area contributed by atoms with Crippen molar-refractivity contribution in [2.24, 2.45) is 0 Å². The van der Waals surface area contributed by atoms with E-state index in [1.165, 1.54) is 18.2 Å². The average molecular weight is 213 g/mol. The Labute approximate surface area is 88.1 Å². The Kier molecular flexibility index (Phi) is 3.52. The summed E-state index contributed by atoms with van der Waals surface area (Å²) in [6.45, 7) is 2.50. The molecule has 0 aliphatic heterocycles. The first-order chi connectivity index (χ1) is 6.56. The monoisotopic (exact) mass is 213 g/mol. The van der Waals surface area contributed by atoms with Crippen LogP contribution < -0.4 is 0 Å². The Morgan fingerprint density at radius 2 is 2.21 bits per heavy atom. The molecule has 1 amide bonds. The van der Waals surface area contributed by atoms with Crippen molar-refractivity contribution < 1.29 is 9.18 Å². The zero-order chi connectivity index (χ0) is 10.7. The van der Waals surface area contributed by atoms with Crippen LogP contribution in [0, 0.1) is 5.82 Å². The van der Waals surface area contributed by atoms with E-state index in [0.717, 1.165) is 0 Å². The van der Waals surface area contributed by atoms with Crippen LogP contribution in [-0.2, 0) is 0 Å². The van der Waals surface area contributed by atoms with Crippen LogP contribution in [0.5, 0.6) is 0 Å². The van der Waals surface area contributed by atoms with Gasteiger partial charge in [0.2, 0.25) is 0 Å². The minimum atomic E-state index is -0.413. The van der Waals surface area contributed by atoms with Gasteiger partial charge in [0, 0.05) is 24.1 Å². The average Bonchev–Trinajstić information content (AvgIpc) is 2.20. The fourth-order valence-electron chi connectivity index (χ4n) is 1.01. The largest absolute Gasteiger partial charge is 0.342 e. The summed E-state index contributed by atoms with van der Waals surface area (Å²) in [7, 11) is 1.70. The maximum atomic E-state index is 12.8. The minimum Gasteiger partial charge on any atom is -0.342 e. The van der Waals surface area contributed by atoms with Crippen molar-refractivity contribution in [1.29, 1.82) is 0 Å². The lowest BCUT2D eigenvalue weighted by Gasteiger charge is -2.14. The molecule has 2 nitrogen and oxygen atoms in total. The second kappa shape index (κ2) is 4.46. The predicted molar refractivity (Wildman–Crippen MR) is 56.3 cm³/mol. The van der Waals surface area contributed by atoms with Gasteiger partial charge in [0.25, 0.3) is 5.91 Å². The highest BCUT2D eigenvalue weighted by molar-refractivity contribution is 7.80. The van der Waals surface area contributed by atoms with Crippen molar-refractivity contribution >= 4 is 18.5 Å². The van der Waals surface area contributed by atoms with E-state index in [1.54, 1.807) is 11.9 Å². The normalized spacial score (nSPS) is 10.0. The molecule has 4 heteroatoms. The van der Waals surface area contributed by atoms with Gasteiger partial charge in [-0.25, -0.2) is 4.39 Å². The van der Waals surface area contributed by atoms with Crippen molar-refractivity contribution in [3.8, 4) is 0 Å². The second-order valence-electron chi connectivity index (χ2n) is 2.99. The van der Waals surface area contributed by atoms with Gasteiger partial charge in [-0.15, -0.1) is 12.6 Å². The predicted octanol–water partition coefficient (Wildman–Crippen LogP) is 2.21. The van der Waals surface area contributed by atoms with E-state index in [2.05, 4.69) is 12.6 Å². The summed E-state index contributed by atoms with van der Waals surface area (Å²) in [6.07, 6.45) is 0. The van der Waals surface area contributed by atoms with Crippen molar-refractivity contribution in [2.75, 3.05) is 13.6 Å². The molecule has 0 N–H and O–H groups in total. The highest BCUT2D eigenvalue weighted by Crippen LogP contribution is 2.15.